The van der Waals surface area contributed by atoms with Crippen molar-refractivity contribution in [2.45, 2.75) is 26.5 Å². The van der Waals surface area contributed by atoms with E-state index >= 15 is 0 Å². The molecule has 3 aromatic carbocycles. The van der Waals surface area contributed by atoms with Gasteiger partial charge in [0.25, 0.3) is 0 Å². The van der Waals surface area contributed by atoms with E-state index in [0.717, 1.165) is 41.1 Å². The number of hydrogen-bond acceptors (Lipinski definition) is 3. The Morgan fingerprint density at radius 3 is 2.53 bits per heavy atom. The van der Waals surface area contributed by atoms with E-state index in [1.807, 2.05) is 36.4 Å². The lowest BCUT2D eigenvalue weighted by molar-refractivity contribution is 0.280. The number of halogens is 2. The van der Waals surface area contributed by atoms with Crippen LogP contribution in [0.3, 0.4) is 0 Å². The molecule has 6 heteroatoms. The third kappa shape index (κ3) is 4.72. The van der Waals surface area contributed by atoms with Gasteiger partial charge in [-0.1, -0.05) is 53.5 Å². The summed E-state index contributed by atoms with van der Waals surface area (Å²) < 4.78 is 14.1. The molecule has 0 unspecified atom stereocenters. The molecule has 4 aromatic rings. The second kappa shape index (κ2) is 9.41. The number of aromatic nitrogens is 2. The summed E-state index contributed by atoms with van der Waals surface area (Å²) in [4.78, 5) is 4.75. The molecular weight excluding hydrogens is 419 g/mol. The van der Waals surface area contributed by atoms with Crippen LogP contribution >= 0.6 is 23.2 Å². The molecule has 0 saturated carbocycles. The summed E-state index contributed by atoms with van der Waals surface area (Å²) in [5, 5.41) is 1.06. The lowest BCUT2D eigenvalue weighted by Crippen LogP contribution is -2.10. The van der Waals surface area contributed by atoms with E-state index in [1.165, 1.54) is 0 Å². The first-order chi connectivity index (χ1) is 14.6. The quantitative estimate of drug-likeness (QED) is 0.286. The maximum absolute atomic E-state index is 6.23. The molecule has 0 N–H and O–H groups in total. The lowest BCUT2D eigenvalue weighted by atomic mass is 10.2. The van der Waals surface area contributed by atoms with Gasteiger partial charge in [0, 0.05) is 11.6 Å². The van der Waals surface area contributed by atoms with Crippen LogP contribution < -0.4 is 9.47 Å². The Kier molecular flexibility index (Phi) is 6.46. The summed E-state index contributed by atoms with van der Waals surface area (Å²) in [6.45, 7) is 3.77. The molecule has 0 radical (unpaired) electrons. The topological polar surface area (TPSA) is 36.3 Å². The third-order valence-corrected chi connectivity index (χ3v) is 5.39. The highest BCUT2D eigenvalue weighted by Gasteiger charge is 2.12. The third-order valence-electron chi connectivity index (χ3n) is 4.86. The number of hydrogen-bond donors (Lipinski definition) is 0. The molecule has 0 bridgehead atoms. The van der Waals surface area contributed by atoms with Crippen molar-refractivity contribution in [2.24, 2.45) is 0 Å². The minimum absolute atomic E-state index is 0.314. The van der Waals surface area contributed by atoms with Gasteiger partial charge in [-0.25, -0.2) is 4.98 Å². The van der Waals surface area contributed by atoms with Crippen molar-refractivity contribution in [3.05, 3.63) is 88.2 Å². The summed E-state index contributed by atoms with van der Waals surface area (Å²) in [6.07, 6.45) is 0.851. The highest BCUT2D eigenvalue weighted by atomic mass is 35.5. The number of para-hydroxylation sites is 3. The highest BCUT2D eigenvalue weighted by molar-refractivity contribution is 6.35. The molecule has 4 rings (SSSR count). The van der Waals surface area contributed by atoms with Crippen LogP contribution in [-0.4, -0.2) is 16.2 Å². The van der Waals surface area contributed by atoms with Crippen molar-refractivity contribution in [3.8, 4) is 11.5 Å². The molecule has 1 heterocycles. The molecule has 0 fully saturated rings. The van der Waals surface area contributed by atoms with E-state index in [9.17, 15) is 0 Å². The molecule has 0 aliphatic heterocycles. The highest BCUT2D eigenvalue weighted by Crippen LogP contribution is 2.28. The molecule has 0 aliphatic carbocycles. The van der Waals surface area contributed by atoms with Gasteiger partial charge < -0.3 is 14.0 Å². The van der Waals surface area contributed by atoms with Crippen LogP contribution in [0.15, 0.2) is 66.7 Å². The Bertz CT molecular complexity index is 1160. The summed E-state index contributed by atoms with van der Waals surface area (Å²) in [5.41, 5.74) is 3.16. The number of imidazole rings is 1. The van der Waals surface area contributed by atoms with Crippen molar-refractivity contribution in [1.82, 2.24) is 9.55 Å². The lowest BCUT2D eigenvalue weighted by Gasteiger charge is -2.12. The van der Waals surface area contributed by atoms with Crippen LogP contribution in [-0.2, 0) is 13.2 Å². The summed E-state index contributed by atoms with van der Waals surface area (Å²) in [7, 11) is 0. The predicted octanol–water partition coefficient (Wildman–Crippen LogP) is 6.70. The summed E-state index contributed by atoms with van der Waals surface area (Å²) in [6, 6.07) is 21.3. The molecule has 0 aliphatic rings. The zero-order valence-corrected chi connectivity index (χ0v) is 18.2. The van der Waals surface area contributed by atoms with E-state index in [4.69, 9.17) is 37.7 Å². The smallest absolute Gasteiger partial charge is 0.148 e. The van der Waals surface area contributed by atoms with Crippen LogP contribution in [0.4, 0.5) is 0 Å². The molecule has 0 saturated heterocycles. The van der Waals surface area contributed by atoms with Gasteiger partial charge in [0.15, 0.2) is 0 Å². The summed E-state index contributed by atoms with van der Waals surface area (Å²) in [5.74, 6) is 2.36. The monoisotopic (exact) mass is 440 g/mol. The first-order valence-electron chi connectivity index (χ1n) is 9.82. The van der Waals surface area contributed by atoms with Gasteiger partial charge >= 0.3 is 0 Å². The summed E-state index contributed by atoms with van der Waals surface area (Å²) >= 11 is 12.2. The van der Waals surface area contributed by atoms with E-state index in [1.54, 1.807) is 18.2 Å². The van der Waals surface area contributed by atoms with Gasteiger partial charge in [0.2, 0.25) is 0 Å². The van der Waals surface area contributed by atoms with Crippen LogP contribution in [0.1, 0.15) is 17.8 Å². The van der Waals surface area contributed by atoms with E-state index in [0.29, 0.717) is 29.0 Å². The van der Waals surface area contributed by atoms with Crippen LogP contribution in [0, 0.1) is 6.92 Å². The van der Waals surface area contributed by atoms with Gasteiger partial charge in [-0.15, -0.1) is 0 Å². The van der Waals surface area contributed by atoms with E-state index < -0.39 is 0 Å². The van der Waals surface area contributed by atoms with Crippen LogP contribution in [0.25, 0.3) is 11.0 Å². The van der Waals surface area contributed by atoms with Gasteiger partial charge in [-0.2, -0.15) is 0 Å². The SMILES string of the molecule is Cc1ccccc1OCCCn1c(COc2ccc(Cl)cc2Cl)nc2ccccc21. The first kappa shape index (κ1) is 20.6. The van der Waals surface area contributed by atoms with Gasteiger partial charge in [0.1, 0.15) is 23.9 Å². The first-order valence-corrected chi connectivity index (χ1v) is 10.6. The largest absolute Gasteiger partial charge is 0.493 e. The maximum atomic E-state index is 6.23. The minimum atomic E-state index is 0.314. The fraction of sp³-hybridized carbons (Fsp3) is 0.208. The van der Waals surface area contributed by atoms with Crippen LogP contribution in [0.2, 0.25) is 10.0 Å². The van der Waals surface area contributed by atoms with Crippen molar-refractivity contribution in [3.63, 3.8) is 0 Å². The Hall–Kier alpha value is -2.69. The Balaban J connectivity index is 1.46. The molecular formula is C24H22Cl2N2O2. The fourth-order valence-electron chi connectivity index (χ4n) is 3.34. The number of fused-ring (bicyclic) bond motifs is 1. The number of aryl methyl sites for hydroxylation is 2. The fourth-order valence-corrected chi connectivity index (χ4v) is 3.81. The number of rotatable bonds is 8. The second-order valence-electron chi connectivity index (χ2n) is 7.00. The average molecular weight is 441 g/mol. The van der Waals surface area contributed by atoms with Crippen LogP contribution in [0.5, 0.6) is 11.5 Å². The molecule has 1 aromatic heterocycles. The maximum Gasteiger partial charge on any atom is 0.148 e. The molecule has 0 amide bonds. The number of nitrogens with zero attached hydrogens (tertiary/aromatic N) is 2. The predicted molar refractivity (Wildman–Crippen MR) is 122 cm³/mol. The normalized spacial score (nSPS) is 11.0. The van der Waals surface area contributed by atoms with E-state index in [-0.39, 0.29) is 0 Å². The van der Waals surface area contributed by atoms with Gasteiger partial charge in [0.05, 0.1) is 22.7 Å². The number of ether oxygens (including phenoxy) is 2. The molecule has 4 nitrogen and oxygen atoms in total. The Morgan fingerprint density at radius 2 is 1.70 bits per heavy atom. The molecule has 154 valence electrons. The van der Waals surface area contributed by atoms with Gasteiger partial charge in [-0.3, -0.25) is 0 Å². The second-order valence-corrected chi connectivity index (χ2v) is 7.84. The molecule has 0 atom stereocenters. The molecule has 0 spiro atoms. The van der Waals surface area contributed by atoms with Crippen molar-refractivity contribution >= 4 is 34.2 Å². The molecule has 30 heavy (non-hydrogen) atoms. The zero-order chi connectivity index (χ0) is 20.9. The van der Waals surface area contributed by atoms with Gasteiger partial charge in [-0.05, 0) is 55.3 Å². The Morgan fingerprint density at radius 1 is 0.900 bits per heavy atom. The average Bonchev–Trinajstić information content (AvgIpc) is 3.09. The Labute approximate surface area is 186 Å². The van der Waals surface area contributed by atoms with Crippen molar-refractivity contribution < 1.29 is 9.47 Å². The van der Waals surface area contributed by atoms with Crippen molar-refractivity contribution in [1.29, 1.82) is 0 Å². The number of benzene rings is 3. The standard InChI is InChI=1S/C24H22Cl2N2O2/c1-17-7-2-5-10-22(17)29-14-6-13-28-21-9-4-3-8-20(21)27-24(28)16-30-23-12-11-18(25)15-19(23)26/h2-5,7-12,15H,6,13-14,16H2,1H3. The van der Waals surface area contributed by atoms with E-state index in [2.05, 4.69) is 23.6 Å². The zero-order valence-electron chi connectivity index (χ0n) is 16.6. The minimum Gasteiger partial charge on any atom is -0.493 e. The van der Waals surface area contributed by atoms with Crippen molar-refractivity contribution in [2.75, 3.05) is 6.61 Å².